The molecular formula is C26H26O2. The van der Waals surface area contributed by atoms with Gasteiger partial charge in [0.05, 0.1) is 13.2 Å². The molecule has 10 rings (SSSR count). The Morgan fingerprint density at radius 3 is 1.79 bits per heavy atom. The fraction of sp³-hybridized carbons (Fsp3) is 0.615. The summed E-state index contributed by atoms with van der Waals surface area (Å²) >= 11 is 0. The standard InChI is InChI=1S/C26H26O2/c1-28-13-7-6-9(10-4-2-3-5-11(10)13)8-12-14-16-18-15(12)19-17(14)21-20(16)24-22(18)23(19)25(21)26(24)27/h2-7,12,14-27H,8H2,1H3. The van der Waals surface area contributed by atoms with E-state index in [9.17, 15) is 5.11 Å². The van der Waals surface area contributed by atoms with Crippen molar-refractivity contribution in [2.24, 2.45) is 76.9 Å². The van der Waals surface area contributed by atoms with Crippen molar-refractivity contribution in [1.82, 2.24) is 0 Å². The first-order valence-corrected chi connectivity index (χ1v) is 11.5. The van der Waals surface area contributed by atoms with E-state index in [1.54, 1.807) is 12.7 Å². The van der Waals surface area contributed by atoms with Crippen LogP contribution in [0.2, 0.25) is 0 Å². The highest BCUT2D eigenvalue weighted by Crippen LogP contribution is 2.93. The monoisotopic (exact) mass is 370 g/mol. The van der Waals surface area contributed by atoms with E-state index >= 15 is 0 Å². The molecule has 0 aromatic heterocycles. The van der Waals surface area contributed by atoms with Gasteiger partial charge in [-0.1, -0.05) is 30.3 Å². The zero-order valence-electron chi connectivity index (χ0n) is 16.1. The SMILES string of the molecule is COc1ccc(CC2C3C4C5C6C(O)C7C5C3C3C2C4C6C73)c2ccccc12. The third-order valence-electron chi connectivity index (χ3n) is 11.5. The minimum absolute atomic E-state index is 0.0916. The Hall–Kier alpha value is -1.54. The fourth-order valence-electron chi connectivity index (χ4n) is 12.0. The predicted octanol–water partition coefficient (Wildman–Crippen LogP) is 3.86. The van der Waals surface area contributed by atoms with Gasteiger partial charge in [-0.25, -0.2) is 0 Å². The normalized spacial score (nSPS) is 59.2. The largest absolute Gasteiger partial charge is 0.496 e. The molecule has 0 amide bonds. The molecule has 0 heterocycles. The van der Waals surface area contributed by atoms with E-state index in [1.165, 1.54) is 17.2 Å². The van der Waals surface area contributed by atoms with Crippen LogP contribution in [0.1, 0.15) is 5.56 Å². The first kappa shape index (κ1) is 14.4. The second-order valence-electron chi connectivity index (χ2n) is 11.3. The van der Waals surface area contributed by atoms with E-state index in [0.717, 1.165) is 82.7 Å². The molecule has 2 aromatic rings. The first-order chi connectivity index (χ1) is 13.8. The van der Waals surface area contributed by atoms with Crippen LogP contribution in [0.25, 0.3) is 10.8 Å². The molecule has 8 aliphatic carbocycles. The van der Waals surface area contributed by atoms with Crippen LogP contribution in [0.4, 0.5) is 0 Å². The maximum Gasteiger partial charge on any atom is 0.126 e. The van der Waals surface area contributed by atoms with Gasteiger partial charge in [-0.2, -0.15) is 0 Å². The fourth-order valence-corrected chi connectivity index (χ4v) is 12.0. The van der Waals surface area contributed by atoms with Crippen LogP contribution in [-0.4, -0.2) is 18.3 Å². The second-order valence-corrected chi connectivity index (χ2v) is 11.3. The minimum atomic E-state index is 0.0916. The molecule has 2 nitrogen and oxygen atoms in total. The number of aliphatic hydroxyl groups is 1. The molecule has 28 heavy (non-hydrogen) atoms. The maximum absolute atomic E-state index is 10.9. The van der Waals surface area contributed by atoms with E-state index in [4.69, 9.17) is 4.74 Å². The van der Waals surface area contributed by atoms with Crippen molar-refractivity contribution < 1.29 is 9.84 Å². The van der Waals surface area contributed by atoms with Gasteiger partial charge in [-0.05, 0) is 100 Å². The lowest BCUT2D eigenvalue weighted by atomic mass is 9.80. The van der Waals surface area contributed by atoms with Gasteiger partial charge in [0.25, 0.3) is 0 Å². The van der Waals surface area contributed by atoms with Crippen LogP contribution < -0.4 is 4.74 Å². The molecule has 8 unspecified atom stereocenters. The Bertz CT molecular complexity index is 1000. The van der Waals surface area contributed by atoms with E-state index in [-0.39, 0.29) is 6.10 Å². The number of hydrogen-bond donors (Lipinski definition) is 1. The smallest absolute Gasteiger partial charge is 0.126 e. The average molecular weight is 370 g/mol. The van der Waals surface area contributed by atoms with Crippen molar-refractivity contribution in [3.63, 3.8) is 0 Å². The van der Waals surface area contributed by atoms with Gasteiger partial charge in [-0.15, -0.1) is 0 Å². The van der Waals surface area contributed by atoms with Gasteiger partial charge >= 0.3 is 0 Å². The molecule has 8 fully saturated rings. The van der Waals surface area contributed by atoms with Gasteiger partial charge in [-0.3, -0.25) is 0 Å². The Kier molecular flexibility index (Phi) is 2.15. The van der Waals surface area contributed by atoms with Crippen molar-refractivity contribution in [2.45, 2.75) is 12.5 Å². The third kappa shape index (κ3) is 1.14. The summed E-state index contributed by atoms with van der Waals surface area (Å²) in [5.74, 6) is 13.0. The van der Waals surface area contributed by atoms with Crippen LogP contribution >= 0.6 is 0 Å². The van der Waals surface area contributed by atoms with Crippen molar-refractivity contribution >= 4 is 10.8 Å². The summed E-state index contributed by atoms with van der Waals surface area (Å²) in [5.41, 5.74) is 1.55. The Morgan fingerprint density at radius 2 is 1.21 bits per heavy atom. The van der Waals surface area contributed by atoms with Crippen molar-refractivity contribution in [3.8, 4) is 5.75 Å². The van der Waals surface area contributed by atoms with E-state index in [1.807, 2.05) is 0 Å². The summed E-state index contributed by atoms with van der Waals surface area (Å²) in [6.07, 6.45) is 1.37. The van der Waals surface area contributed by atoms with Gasteiger partial charge < -0.3 is 9.84 Å². The molecule has 142 valence electrons. The number of hydrogen-bond acceptors (Lipinski definition) is 2. The Balaban J connectivity index is 1.17. The van der Waals surface area contributed by atoms with Gasteiger partial charge in [0.2, 0.25) is 0 Å². The van der Waals surface area contributed by atoms with Gasteiger partial charge in [0.15, 0.2) is 0 Å². The summed E-state index contributed by atoms with van der Waals surface area (Å²) in [6.45, 7) is 0. The molecule has 1 N–H and O–H groups in total. The number of methoxy groups -OCH3 is 1. The molecular weight excluding hydrogens is 344 g/mol. The molecule has 0 saturated heterocycles. The lowest BCUT2D eigenvalue weighted by Gasteiger charge is -2.24. The lowest BCUT2D eigenvalue weighted by Crippen LogP contribution is -2.21. The van der Waals surface area contributed by atoms with Gasteiger partial charge in [0, 0.05) is 5.39 Å². The van der Waals surface area contributed by atoms with E-state index in [2.05, 4.69) is 36.4 Å². The first-order valence-electron chi connectivity index (χ1n) is 11.5. The number of aliphatic hydroxyl groups excluding tert-OH is 1. The molecule has 0 aliphatic heterocycles. The van der Waals surface area contributed by atoms with E-state index in [0.29, 0.717) is 0 Å². The summed E-state index contributed by atoms with van der Waals surface area (Å²) < 4.78 is 5.64. The molecule has 8 aliphatic rings. The second kappa shape index (κ2) is 4.17. The van der Waals surface area contributed by atoms with Crippen molar-refractivity contribution in [2.75, 3.05) is 7.11 Å². The molecule has 2 heteroatoms. The highest BCUT2D eigenvalue weighted by atomic mass is 16.5. The van der Waals surface area contributed by atoms with Gasteiger partial charge in [0.1, 0.15) is 5.75 Å². The summed E-state index contributed by atoms with van der Waals surface area (Å²) in [4.78, 5) is 0. The number of rotatable bonds is 3. The Labute approximate surface area is 165 Å². The summed E-state index contributed by atoms with van der Waals surface area (Å²) in [7, 11) is 1.78. The third-order valence-corrected chi connectivity index (χ3v) is 11.5. The zero-order valence-corrected chi connectivity index (χ0v) is 16.1. The van der Waals surface area contributed by atoms with E-state index < -0.39 is 0 Å². The molecule has 0 spiro atoms. The van der Waals surface area contributed by atoms with Crippen LogP contribution in [0.15, 0.2) is 36.4 Å². The summed E-state index contributed by atoms with van der Waals surface area (Å²) in [6, 6.07) is 13.4. The maximum atomic E-state index is 10.9. The van der Waals surface area contributed by atoms with Crippen LogP contribution in [0.3, 0.4) is 0 Å². The molecule has 2 aromatic carbocycles. The van der Waals surface area contributed by atoms with Crippen molar-refractivity contribution in [3.05, 3.63) is 42.0 Å². The van der Waals surface area contributed by atoms with Crippen LogP contribution in [-0.2, 0) is 6.42 Å². The van der Waals surface area contributed by atoms with Crippen LogP contribution in [0.5, 0.6) is 5.75 Å². The zero-order chi connectivity index (χ0) is 18.0. The minimum Gasteiger partial charge on any atom is -0.496 e. The van der Waals surface area contributed by atoms with Crippen LogP contribution in [0, 0.1) is 76.9 Å². The predicted molar refractivity (Wildman–Crippen MR) is 106 cm³/mol. The number of fused-ring (bicyclic) bond motifs is 1. The highest BCUT2D eigenvalue weighted by molar-refractivity contribution is 5.91. The summed E-state index contributed by atoms with van der Waals surface area (Å²) in [5, 5.41) is 13.6. The molecule has 4 bridgehead atoms. The number of benzene rings is 2. The quantitative estimate of drug-likeness (QED) is 0.889. The molecule has 0 radical (unpaired) electrons. The average Bonchev–Trinajstić information content (AvgIpc) is 3.49. The lowest BCUT2D eigenvalue weighted by molar-refractivity contribution is 0.102. The highest BCUT2D eigenvalue weighted by Gasteiger charge is 2.92. The molecule has 8 saturated carbocycles. The number of ether oxygens (including phenoxy) is 1. The van der Waals surface area contributed by atoms with Crippen molar-refractivity contribution in [1.29, 1.82) is 0 Å². The molecule has 8 atom stereocenters. The Morgan fingerprint density at radius 1 is 0.679 bits per heavy atom. The topological polar surface area (TPSA) is 29.5 Å².